The van der Waals surface area contributed by atoms with Gasteiger partial charge in [0.25, 0.3) is 0 Å². The molecule has 17 heavy (non-hydrogen) atoms. The summed E-state index contributed by atoms with van der Waals surface area (Å²) in [7, 11) is 0. The van der Waals surface area contributed by atoms with E-state index in [1.54, 1.807) is 34.6 Å². The fourth-order valence-electron chi connectivity index (χ4n) is 0.733. The molecule has 0 saturated carbocycles. The fraction of sp³-hybridized carbons (Fsp3) is 0.667. The summed E-state index contributed by atoms with van der Waals surface area (Å²) in [4.78, 5) is 22.9. The summed E-state index contributed by atoms with van der Waals surface area (Å²) < 4.78 is 9.22. The predicted molar refractivity (Wildman–Crippen MR) is 69.0 cm³/mol. The first-order valence-corrected chi connectivity index (χ1v) is 6.00. The summed E-state index contributed by atoms with van der Waals surface area (Å²) in [5, 5.41) is 0. The number of halogens is 1. The summed E-state index contributed by atoms with van der Waals surface area (Å²) in [5.41, 5.74) is -0.469. The molecule has 0 saturated heterocycles. The van der Waals surface area contributed by atoms with E-state index in [2.05, 4.69) is 22.5 Å². The molecule has 0 aromatic rings. The van der Waals surface area contributed by atoms with Crippen LogP contribution in [0.5, 0.6) is 0 Å². The van der Waals surface area contributed by atoms with Crippen molar-refractivity contribution in [3.8, 4) is 0 Å². The van der Waals surface area contributed by atoms with Crippen LogP contribution in [0.2, 0.25) is 0 Å². The standard InChI is InChI=1S/C12H19BrO4/c1-8(9(14)17-11(2,3)4)7-16-10(15)12(5,6)13/h1,7H2,2-6H3. The lowest BCUT2D eigenvalue weighted by Gasteiger charge is -2.20. The molecule has 0 bridgehead atoms. The molecule has 4 nitrogen and oxygen atoms in total. The van der Waals surface area contributed by atoms with E-state index in [0.29, 0.717) is 0 Å². The zero-order chi connectivity index (χ0) is 13.9. The van der Waals surface area contributed by atoms with E-state index in [9.17, 15) is 9.59 Å². The number of hydrogen-bond acceptors (Lipinski definition) is 4. The molecule has 0 aliphatic carbocycles. The maximum atomic E-state index is 11.5. The van der Waals surface area contributed by atoms with E-state index in [1.807, 2.05) is 0 Å². The molecular weight excluding hydrogens is 288 g/mol. The van der Waals surface area contributed by atoms with Crippen LogP contribution in [0.4, 0.5) is 0 Å². The van der Waals surface area contributed by atoms with E-state index in [0.717, 1.165) is 0 Å². The second-order valence-corrected chi connectivity index (χ2v) is 7.14. The van der Waals surface area contributed by atoms with E-state index in [-0.39, 0.29) is 12.2 Å². The second kappa shape index (κ2) is 5.67. The lowest BCUT2D eigenvalue weighted by molar-refractivity contribution is -0.152. The van der Waals surface area contributed by atoms with Crippen molar-refractivity contribution < 1.29 is 19.1 Å². The third kappa shape index (κ3) is 7.15. The second-order valence-electron chi connectivity index (χ2n) is 5.15. The first-order chi connectivity index (χ1) is 7.43. The van der Waals surface area contributed by atoms with Gasteiger partial charge in [-0.25, -0.2) is 4.79 Å². The van der Waals surface area contributed by atoms with Crippen LogP contribution in [0.15, 0.2) is 12.2 Å². The molecular formula is C12H19BrO4. The van der Waals surface area contributed by atoms with Crippen molar-refractivity contribution in [2.24, 2.45) is 0 Å². The van der Waals surface area contributed by atoms with Gasteiger partial charge < -0.3 is 9.47 Å². The van der Waals surface area contributed by atoms with Crippen LogP contribution in [0, 0.1) is 0 Å². The third-order valence-electron chi connectivity index (χ3n) is 1.55. The SMILES string of the molecule is C=C(COC(=O)C(C)(C)Br)C(=O)OC(C)(C)C. The van der Waals surface area contributed by atoms with Gasteiger partial charge in [0, 0.05) is 0 Å². The number of ether oxygens (including phenoxy) is 2. The maximum absolute atomic E-state index is 11.5. The summed E-state index contributed by atoms with van der Waals surface area (Å²) in [5.74, 6) is -1.01. The number of carbonyl (C=O) groups excluding carboxylic acids is 2. The van der Waals surface area contributed by atoms with Gasteiger partial charge in [0.2, 0.25) is 0 Å². The van der Waals surface area contributed by atoms with Crippen molar-refractivity contribution in [3.63, 3.8) is 0 Å². The minimum atomic E-state index is -0.777. The molecule has 0 fully saturated rings. The van der Waals surface area contributed by atoms with E-state index in [4.69, 9.17) is 9.47 Å². The molecule has 0 unspecified atom stereocenters. The highest BCUT2D eigenvalue weighted by molar-refractivity contribution is 9.10. The van der Waals surface area contributed by atoms with Crippen LogP contribution in [0.3, 0.4) is 0 Å². The smallest absolute Gasteiger partial charge is 0.337 e. The molecule has 0 amide bonds. The zero-order valence-electron chi connectivity index (χ0n) is 10.9. The van der Waals surface area contributed by atoms with Crippen LogP contribution in [-0.2, 0) is 19.1 Å². The van der Waals surface area contributed by atoms with Crippen molar-refractivity contribution in [1.29, 1.82) is 0 Å². The first kappa shape index (κ1) is 16.2. The molecule has 0 aromatic heterocycles. The molecule has 0 heterocycles. The Morgan fingerprint density at radius 1 is 1.18 bits per heavy atom. The Kier molecular flexibility index (Phi) is 5.39. The Bertz CT molecular complexity index is 320. The van der Waals surface area contributed by atoms with Crippen LogP contribution in [-0.4, -0.2) is 28.5 Å². The number of alkyl halides is 1. The van der Waals surface area contributed by atoms with Gasteiger partial charge in [-0.15, -0.1) is 0 Å². The summed E-state index contributed by atoms with van der Waals surface area (Å²) in [6, 6.07) is 0. The molecule has 0 atom stereocenters. The number of rotatable bonds is 4. The maximum Gasteiger partial charge on any atom is 0.337 e. The highest BCUT2D eigenvalue weighted by Crippen LogP contribution is 2.18. The molecule has 5 heteroatoms. The van der Waals surface area contributed by atoms with Gasteiger partial charge in [0.1, 0.15) is 16.5 Å². The lowest BCUT2D eigenvalue weighted by Crippen LogP contribution is -2.29. The molecule has 0 aliphatic heterocycles. The Balaban J connectivity index is 4.21. The molecule has 0 rings (SSSR count). The third-order valence-corrected chi connectivity index (χ3v) is 1.87. The minimum Gasteiger partial charge on any atom is -0.460 e. The van der Waals surface area contributed by atoms with E-state index < -0.39 is 21.9 Å². The van der Waals surface area contributed by atoms with Crippen LogP contribution in [0.25, 0.3) is 0 Å². The van der Waals surface area contributed by atoms with Gasteiger partial charge in [0.15, 0.2) is 0 Å². The average molecular weight is 307 g/mol. The van der Waals surface area contributed by atoms with Gasteiger partial charge in [0.05, 0.1) is 5.57 Å². The van der Waals surface area contributed by atoms with Gasteiger partial charge >= 0.3 is 11.9 Å². The first-order valence-electron chi connectivity index (χ1n) is 5.21. The van der Waals surface area contributed by atoms with Gasteiger partial charge in [-0.05, 0) is 34.6 Å². The highest BCUT2D eigenvalue weighted by atomic mass is 79.9. The van der Waals surface area contributed by atoms with Crippen molar-refractivity contribution in [2.45, 2.75) is 44.5 Å². The van der Waals surface area contributed by atoms with E-state index >= 15 is 0 Å². The lowest BCUT2D eigenvalue weighted by atomic mass is 10.2. The van der Waals surface area contributed by atoms with Crippen LogP contribution < -0.4 is 0 Å². The molecule has 0 aromatic carbocycles. The monoisotopic (exact) mass is 306 g/mol. The Hall–Kier alpha value is -0.840. The van der Waals surface area contributed by atoms with Gasteiger partial charge in [-0.1, -0.05) is 22.5 Å². The molecule has 0 spiro atoms. The molecule has 0 aliphatic rings. The number of esters is 2. The predicted octanol–water partition coefficient (Wildman–Crippen LogP) is 2.60. The normalized spacial score (nSPS) is 11.9. The highest BCUT2D eigenvalue weighted by Gasteiger charge is 2.26. The van der Waals surface area contributed by atoms with Gasteiger partial charge in [-0.2, -0.15) is 0 Å². The zero-order valence-corrected chi connectivity index (χ0v) is 12.5. The Labute approximate surface area is 110 Å². The Morgan fingerprint density at radius 3 is 2.00 bits per heavy atom. The van der Waals surface area contributed by atoms with Gasteiger partial charge in [-0.3, -0.25) is 4.79 Å². The summed E-state index contributed by atoms with van der Waals surface area (Å²) >= 11 is 3.16. The van der Waals surface area contributed by atoms with E-state index in [1.165, 1.54) is 0 Å². The van der Waals surface area contributed by atoms with Crippen LogP contribution >= 0.6 is 15.9 Å². The average Bonchev–Trinajstić information content (AvgIpc) is 2.08. The van der Waals surface area contributed by atoms with Crippen molar-refractivity contribution in [1.82, 2.24) is 0 Å². The molecule has 0 N–H and O–H groups in total. The number of carbonyl (C=O) groups is 2. The number of hydrogen-bond donors (Lipinski definition) is 0. The minimum absolute atomic E-state index is 0.116. The molecule has 98 valence electrons. The largest absolute Gasteiger partial charge is 0.460 e. The quantitative estimate of drug-likeness (QED) is 0.455. The topological polar surface area (TPSA) is 52.6 Å². The van der Waals surface area contributed by atoms with Crippen molar-refractivity contribution in [3.05, 3.63) is 12.2 Å². The summed E-state index contributed by atoms with van der Waals surface area (Å²) in [6.07, 6.45) is 0. The van der Waals surface area contributed by atoms with Crippen molar-refractivity contribution >= 4 is 27.9 Å². The fourth-order valence-corrected chi connectivity index (χ4v) is 0.848. The van der Waals surface area contributed by atoms with Crippen LogP contribution in [0.1, 0.15) is 34.6 Å². The summed E-state index contributed by atoms with van der Waals surface area (Å²) in [6.45, 7) is 11.9. The van der Waals surface area contributed by atoms with Crippen molar-refractivity contribution in [2.75, 3.05) is 6.61 Å². The molecule has 0 radical (unpaired) electrons. The Morgan fingerprint density at radius 2 is 1.65 bits per heavy atom.